The minimum atomic E-state index is -0.803. The first-order valence-corrected chi connectivity index (χ1v) is 10.2. The van der Waals surface area contributed by atoms with E-state index in [1.165, 1.54) is 12.1 Å². The summed E-state index contributed by atoms with van der Waals surface area (Å²) in [4.78, 5) is 41.0. The topological polar surface area (TPSA) is 69.7 Å². The Balaban J connectivity index is 1.75. The van der Waals surface area contributed by atoms with Crippen molar-refractivity contribution < 1.29 is 14.4 Å². The molecule has 4 rings (SSSR count). The Morgan fingerprint density at radius 3 is 2.52 bits per heavy atom. The first-order chi connectivity index (χ1) is 14.6. The number of hydrogen-bond donors (Lipinski definition) is 1. The lowest BCUT2D eigenvalue weighted by Crippen LogP contribution is -2.54. The fraction of sp³-hybridized carbons (Fsp3) is 0.208. The number of imide groups is 2. The molecule has 0 bridgehead atoms. The molecule has 0 aromatic heterocycles. The Kier molecular flexibility index (Phi) is 4.98. The standard InChI is InChI=1S/C24H22ClN3O3/c1-14-13-24(2,3)27(4)20-9-8-15(10-18(14)20)11-19-21(29)26-23(31)28(22(19)30)17-7-5-6-16(25)12-17/h5-13H,1-4H3,(H,26,29,31)/b19-11+. The van der Waals surface area contributed by atoms with Gasteiger partial charge in [-0.3, -0.25) is 14.9 Å². The second-order valence-corrected chi connectivity index (χ2v) is 8.69. The molecule has 158 valence electrons. The molecular weight excluding hydrogens is 414 g/mol. The van der Waals surface area contributed by atoms with Crippen LogP contribution in [0.5, 0.6) is 0 Å². The molecule has 2 aromatic carbocycles. The molecule has 2 heterocycles. The second kappa shape index (κ2) is 7.39. The molecule has 31 heavy (non-hydrogen) atoms. The van der Waals surface area contributed by atoms with Crippen LogP contribution in [0, 0.1) is 0 Å². The minimum absolute atomic E-state index is 0.117. The zero-order valence-electron chi connectivity index (χ0n) is 17.7. The van der Waals surface area contributed by atoms with Gasteiger partial charge in [-0.2, -0.15) is 0 Å². The Bertz CT molecular complexity index is 1200. The number of halogens is 1. The molecule has 0 spiro atoms. The van der Waals surface area contributed by atoms with Crippen molar-refractivity contribution in [2.75, 3.05) is 16.8 Å². The van der Waals surface area contributed by atoms with Gasteiger partial charge in [-0.05, 0) is 68.3 Å². The van der Waals surface area contributed by atoms with Crippen LogP contribution in [0.3, 0.4) is 0 Å². The molecule has 6 nitrogen and oxygen atoms in total. The van der Waals surface area contributed by atoms with Gasteiger partial charge in [0, 0.05) is 23.3 Å². The fourth-order valence-electron chi connectivity index (χ4n) is 3.94. The summed E-state index contributed by atoms with van der Waals surface area (Å²) < 4.78 is 0. The van der Waals surface area contributed by atoms with Gasteiger partial charge in [-0.25, -0.2) is 9.69 Å². The summed E-state index contributed by atoms with van der Waals surface area (Å²) in [6.45, 7) is 6.33. The Hall–Kier alpha value is -3.38. The van der Waals surface area contributed by atoms with Gasteiger partial charge in [0.15, 0.2) is 0 Å². The first kappa shape index (κ1) is 20.9. The number of nitrogens with zero attached hydrogens (tertiary/aromatic N) is 2. The highest BCUT2D eigenvalue weighted by Gasteiger charge is 2.37. The average molecular weight is 436 g/mol. The van der Waals surface area contributed by atoms with Crippen molar-refractivity contribution in [3.05, 3.63) is 70.3 Å². The molecule has 2 aromatic rings. The number of anilines is 2. The maximum Gasteiger partial charge on any atom is 0.335 e. The van der Waals surface area contributed by atoms with Crippen molar-refractivity contribution in [2.45, 2.75) is 26.3 Å². The maximum absolute atomic E-state index is 13.1. The van der Waals surface area contributed by atoms with Gasteiger partial charge in [0.2, 0.25) is 0 Å². The third-order valence-electron chi connectivity index (χ3n) is 5.72. The lowest BCUT2D eigenvalue weighted by Gasteiger charge is -2.40. The molecule has 0 aliphatic carbocycles. The number of likely N-dealkylation sites (N-methyl/N-ethyl adjacent to an activating group) is 1. The number of urea groups is 1. The van der Waals surface area contributed by atoms with Gasteiger partial charge in [-0.15, -0.1) is 0 Å². The number of carbonyl (C=O) groups is 3. The van der Waals surface area contributed by atoms with E-state index in [1.54, 1.807) is 18.2 Å². The van der Waals surface area contributed by atoms with Crippen LogP contribution in [0.2, 0.25) is 5.02 Å². The van der Waals surface area contributed by atoms with Crippen molar-refractivity contribution in [3.8, 4) is 0 Å². The fourth-order valence-corrected chi connectivity index (χ4v) is 4.12. The van der Waals surface area contributed by atoms with Gasteiger partial charge in [0.25, 0.3) is 11.8 Å². The number of carbonyl (C=O) groups excluding carboxylic acids is 3. The molecule has 0 unspecified atom stereocenters. The van der Waals surface area contributed by atoms with E-state index in [4.69, 9.17) is 11.6 Å². The van der Waals surface area contributed by atoms with E-state index < -0.39 is 17.8 Å². The molecule has 1 N–H and O–H groups in total. The van der Waals surface area contributed by atoms with Gasteiger partial charge < -0.3 is 4.90 Å². The molecule has 2 aliphatic rings. The van der Waals surface area contributed by atoms with Gasteiger partial charge in [0.1, 0.15) is 5.57 Å². The number of benzene rings is 2. The normalized spacial score (nSPS) is 19.3. The molecule has 1 saturated heterocycles. The molecule has 0 radical (unpaired) electrons. The molecule has 4 amide bonds. The van der Waals surface area contributed by atoms with Gasteiger partial charge >= 0.3 is 6.03 Å². The molecule has 0 saturated carbocycles. The number of nitrogens with one attached hydrogen (secondary N) is 1. The zero-order chi connectivity index (χ0) is 22.5. The van der Waals surface area contributed by atoms with Crippen molar-refractivity contribution in [1.29, 1.82) is 0 Å². The van der Waals surface area contributed by atoms with Crippen molar-refractivity contribution >= 4 is 52.5 Å². The Labute approximate surface area is 185 Å². The summed E-state index contributed by atoms with van der Waals surface area (Å²) in [5.74, 6) is -1.42. The summed E-state index contributed by atoms with van der Waals surface area (Å²) in [5.41, 5.74) is 3.97. The van der Waals surface area contributed by atoms with Crippen LogP contribution in [0.15, 0.2) is 54.1 Å². The van der Waals surface area contributed by atoms with Crippen molar-refractivity contribution in [1.82, 2.24) is 5.32 Å². The molecule has 1 fully saturated rings. The van der Waals surface area contributed by atoms with E-state index >= 15 is 0 Å². The largest absolute Gasteiger partial charge is 0.366 e. The lowest BCUT2D eigenvalue weighted by molar-refractivity contribution is -0.122. The van der Waals surface area contributed by atoms with E-state index in [0.717, 1.165) is 21.7 Å². The Morgan fingerprint density at radius 2 is 1.81 bits per heavy atom. The number of allylic oxidation sites excluding steroid dienone is 1. The molecule has 0 atom stereocenters. The van der Waals surface area contributed by atoms with Gasteiger partial charge in [-0.1, -0.05) is 29.8 Å². The van der Waals surface area contributed by atoms with Crippen molar-refractivity contribution in [3.63, 3.8) is 0 Å². The second-order valence-electron chi connectivity index (χ2n) is 8.25. The van der Waals surface area contributed by atoms with Crippen LogP contribution >= 0.6 is 11.6 Å². The number of hydrogen-bond acceptors (Lipinski definition) is 4. The van der Waals surface area contributed by atoms with E-state index in [-0.39, 0.29) is 11.1 Å². The highest BCUT2D eigenvalue weighted by atomic mass is 35.5. The SMILES string of the molecule is CC1=CC(C)(C)N(C)c2ccc(/C=C3\C(=O)NC(=O)N(c4cccc(Cl)c4)C3=O)cc21. The molecule has 2 aliphatic heterocycles. The average Bonchev–Trinajstić information content (AvgIpc) is 2.69. The van der Waals surface area contributed by atoms with Crippen molar-refractivity contribution in [2.24, 2.45) is 0 Å². The summed E-state index contributed by atoms with van der Waals surface area (Å²) in [7, 11) is 2.03. The summed E-state index contributed by atoms with van der Waals surface area (Å²) in [6, 6.07) is 11.3. The number of rotatable bonds is 2. The van der Waals surface area contributed by atoms with E-state index in [1.807, 2.05) is 32.2 Å². The minimum Gasteiger partial charge on any atom is -0.366 e. The quantitative estimate of drug-likeness (QED) is 0.551. The monoisotopic (exact) mass is 435 g/mol. The third kappa shape index (κ3) is 3.64. The van der Waals surface area contributed by atoms with Crippen LogP contribution in [0.1, 0.15) is 31.9 Å². The Morgan fingerprint density at radius 1 is 1.06 bits per heavy atom. The van der Waals surface area contributed by atoms with Crippen LogP contribution in [-0.4, -0.2) is 30.4 Å². The predicted octanol–water partition coefficient (Wildman–Crippen LogP) is 4.64. The molecular formula is C24H22ClN3O3. The summed E-state index contributed by atoms with van der Waals surface area (Å²) in [6.07, 6.45) is 3.69. The smallest absolute Gasteiger partial charge is 0.335 e. The zero-order valence-corrected chi connectivity index (χ0v) is 18.4. The maximum atomic E-state index is 13.1. The van der Waals surface area contributed by atoms with E-state index in [0.29, 0.717) is 16.3 Å². The number of barbiturate groups is 1. The number of fused-ring (bicyclic) bond motifs is 1. The lowest BCUT2D eigenvalue weighted by atomic mass is 9.88. The summed E-state index contributed by atoms with van der Waals surface area (Å²) >= 11 is 6.01. The summed E-state index contributed by atoms with van der Waals surface area (Å²) in [5, 5.41) is 2.61. The highest BCUT2D eigenvalue weighted by molar-refractivity contribution is 6.39. The van der Waals surface area contributed by atoms with Crippen LogP contribution < -0.4 is 15.1 Å². The van der Waals surface area contributed by atoms with Gasteiger partial charge in [0.05, 0.1) is 11.2 Å². The van der Waals surface area contributed by atoms with Crippen LogP contribution in [0.4, 0.5) is 16.2 Å². The first-order valence-electron chi connectivity index (χ1n) is 9.83. The highest BCUT2D eigenvalue weighted by Crippen LogP contribution is 2.38. The molecule has 7 heteroatoms. The van der Waals surface area contributed by atoms with Crippen LogP contribution in [-0.2, 0) is 9.59 Å². The van der Waals surface area contributed by atoms with E-state index in [9.17, 15) is 14.4 Å². The third-order valence-corrected chi connectivity index (χ3v) is 5.96. The van der Waals surface area contributed by atoms with Crippen LogP contribution in [0.25, 0.3) is 11.6 Å². The number of amides is 4. The van der Waals surface area contributed by atoms with E-state index in [2.05, 4.69) is 30.1 Å². The predicted molar refractivity (Wildman–Crippen MR) is 123 cm³/mol.